The summed E-state index contributed by atoms with van der Waals surface area (Å²) in [5, 5.41) is 6.80. The second-order valence-electron chi connectivity index (χ2n) is 4.38. The van der Waals surface area contributed by atoms with Gasteiger partial charge in [-0.3, -0.25) is 0 Å². The minimum absolute atomic E-state index is 0.483. The van der Waals surface area contributed by atoms with Crippen LogP contribution in [-0.2, 0) is 6.42 Å². The maximum absolute atomic E-state index is 13.3. The normalized spacial score (nSPS) is 10.3. The Kier molecular flexibility index (Phi) is 7.33. The monoisotopic (exact) mass is 286 g/mol. The van der Waals surface area contributed by atoms with Crippen LogP contribution in [0.2, 0.25) is 0 Å². The van der Waals surface area contributed by atoms with Crippen LogP contribution in [-0.4, -0.2) is 18.2 Å². The smallest absolute Gasteiger partial charge is 0.166 e. The van der Waals surface area contributed by atoms with Gasteiger partial charge in [0.2, 0.25) is 0 Å². The number of rotatable bonds is 7. The Morgan fingerprint density at radius 2 is 1.84 bits per heavy atom. The second-order valence-corrected chi connectivity index (χ2v) is 4.78. The van der Waals surface area contributed by atoms with E-state index >= 15 is 0 Å². The van der Waals surface area contributed by atoms with Crippen LogP contribution < -0.4 is 10.6 Å². The van der Waals surface area contributed by atoms with E-state index in [1.165, 1.54) is 12.1 Å². The number of benzene rings is 1. The zero-order valence-electron chi connectivity index (χ0n) is 11.1. The minimum atomic E-state index is -0.541. The van der Waals surface area contributed by atoms with Crippen molar-refractivity contribution in [3.63, 3.8) is 0 Å². The summed E-state index contributed by atoms with van der Waals surface area (Å²) in [6.45, 7) is 3.67. The van der Waals surface area contributed by atoms with Crippen LogP contribution in [0.3, 0.4) is 0 Å². The molecule has 1 rings (SSSR count). The molecule has 0 aromatic heterocycles. The summed E-state index contributed by atoms with van der Waals surface area (Å²) in [4.78, 5) is 0. The molecule has 2 nitrogen and oxygen atoms in total. The topological polar surface area (TPSA) is 24.1 Å². The standard InChI is InChI=1S/C14H20F2N2S/c1-2-3-8-17-14(19)18-9-4-5-11-6-7-12(15)10-13(11)16/h6-7,10H,2-5,8-9H2,1H3,(H2,17,18,19). The van der Waals surface area contributed by atoms with E-state index in [4.69, 9.17) is 12.2 Å². The Bertz CT molecular complexity index is 410. The lowest BCUT2D eigenvalue weighted by atomic mass is 10.1. The molecule has 0 heterocycles. The average molecular weight is 286 g/mol. The summed E-state index contributed by atoms with van der Waals surface area (Å²) in [7, 11) is 0. The Morgan fingerprint density at radius 3 is 2.47 bits per heavy atom. The first-order chi connectivity index (χ1) is 9.13. The van der Waals surface area contributed by atoms with Gasteiger partial charge in [0.25, 0.3) is 0 Å². The van der Waals surface area contributed by atoms with E-state index in [0.717, 1.165) is 31.9 Å². The molecule has 1 aromatic carbocycles. The van der Waals surface area contributed by atoms with Crippen molar-refractivity contribution in [1.82, 2.24) is 10.6 Å². The molecule has 0 aliphatic carbocycles. The molecule has 0 radical (unpaired) electrons. The molecular weight excluding hydrogens is 266 g/mol. The Hall–Kier alpha value is -1.23. The van der Waals surface area contributed by atoms with E-state index in [0.29, 0.717) is 23.6 Å². The van der Waals surface area contributed by atoms with E-state index < -0.39 is 11.6 Å². The largest absolute Gasteiger partial charge is 0.363 e. The number of nitrogens with one attached hydrogen (secondary N) is 2. The molecule has 0 saturated heterocycles. The molecule has 2 N–H and O–H groups in total. The van der Waals surface area contributed by atoms with E-state index in [9.17, 15) is 8.78 Å². The van der Waals surface area contributed by atoms with E-state index in [2.05, 4.69) is 17.6 Å². The van der Waals surface area contributed by atoms with Gasteiger partial charge in [0.15, 0.2) is 5.11 Å². The maximum Gasteiger partial charge on any atom is 0.166 e. The fourth-order valence-electron chi connectivity index (χ4n) is 1.65. The summed E-state index contributed by atoms with van der Waals surface area (Å²) in [6, 6.07) is 3.69. The van der Waals surface area contributed by atoms with Crippen molar-refractivity contribution in [2.24, 2.45) is 0 Å². The van der Waals surface area contributed by atoms with Crippen molar-refractivity contribution in [3.05, 3.63) is 35.4 Å². The van der Waals surface area contributed by atoms with Crippen molar-refractivity contribution >= 4 is 17.3 Å². The zero-order valence-corrected chi connectivity index (χ0v) is 12.0. The third-order valence-electron chi connectivity index (χ3n) is 2.74. The van der Waals surface area contributed by atoms with Crippen LogP contribution in [0.15, 0.2) is 18.2 Å². The zero-order chi connectivity index (χ0) is 14.1. The molecule has 0 fully saturated rings. The van der Waals surface area contributed by atoms with Crippen molar-refractivity contribution < 1.29 is 8.78 Å². The van der Waals surface area contributed by atoms with Crippen LogP contribution in [0.1, 0.15) is 31.7 Å². The molecule has 106 valence electrons. The third-order valence-corrected chi connectivity index (χ3v) is 3.03. The predicted molar refractivity (Wildman–Crippen MR) is 78.2 cm³/mol. The lowest BCUT2D eigenvalue weighted by molar-refractivity contribution is 0.568. The van der Waals surface area contributed by atoms with Gasteiger partial charge in [0, 0.05) is 19.2 Å². The number of halogens is 2. The Morgan fingerprint density at radius 1 is 1.16 bits per heavy atom. The van der Waals surface area contributed by atoms with Gasteiger partial charge in [-0.25, -0.2) is 8.78 Å². The Labute approximate surface area is 118 Å². The third kappa shape index (κ3) is 6.47. The lowest BCUT2D eigenvalue weighted by Gasteiger charge is -2.10. The molecular formula is C14H20F2N2S. The van der Waals surface area contributed by atoms with Crippen LogP contribution >= 0.6 is 12.2 Å². The fourth-order valence-corrected chi connectivity index (χ4v) is 1.85. The molecule has 0 bridgehead atoms. The summed E-state index contributed by atoms with van der Waals surface area (Å²) < 4.78 is 26.1. The fraction of sp³-hybridized carbons (Fsp3) is 0.500. The minimum Gasteiger partial charge on any atom is -0.363 e. The highest BCUT2D eigenvalue weighted by atomic mass is 32.1. The van der Waals surface area contributed by atoms with Gasteiger partial charge in [-0.15, -0.1) is 0 Å². The van der Waals surface area contributed by atoms with Crippen molar-refractivity contribution in [2.75, 3.05) is 13.1 Å². The molecule has 0 unspecified atom stereocenters. The summed E-state index contributed by atoms with van der Waals surface area (Å²) in [5.41, 5.74) is 0.535. The SMILES string of the molecule is CCCCNC(=S)NCCCc1ccc(F)cc1F. The van der Waals surface area contributed by atoms with Crippen LogP contribution in [0, 0.1) is 11.6 Å². The van der Waals surface area contributed by atoms with Gasteiger partial charge in [-0.2, -0.15) is 0 Å². The molecule has 0 aliphatic rings. The van der Waals surface area contributed by atoms with Crippen LogP contribution in [0.25, 0.3) is 0 Å². The first-order valence-corrected chi connectivity index (χ1v) is 7.00. The van der Waals surface area contributed by atoms with Crippen molar-refractivity contribution in [1.29, 1.82) is 0 Å². The van der Waals surface area contributed by atoms with Crippen LogP contribution in [0.5, 0.6) is 0 Å². The van der Waals surface area contributed by atoms with E-state index in [-0.39, 0.29) is 0 Å². The maximum atomic E-state index is 13.3. The lowest BCUT2D eigenvalue weighted by Crippen LogP contribution is -2.36. The van der Waals surface area contributed by atoms with E-state index in [1.807, 2.05) is 0 Å². The first-order valence-electron chi connectivity index (χ1n) is 6.59. The van der Waals surface area contributed by atoms with Gasteiger partial charge in [0.1, 0.15) is 11.6 Å². The number of thiocarbonyl (C=S) groups is 1. The molecule has 0 amide bonds. The Balaban J connectivity index is 2.18. The predicted octanol–water partition coefficient (Wildman–Crippen LogP) is 3.16. The summed E-state index contributed by atoms with van der Waals surface area (Å²) in [6.07, 6.45) is 3.52. The molecule has 0 atom stereocenters. The quantitative estimate of drug-likeness (QED) is 0.595. The van der Waals surface area contributed by atoms with Crippen molar-refractivity contribution in [2.45, 2.75) is 32.6 Å². The first kappa shape index (κ1) is 15.8. The average Bonchev–Trinajstić information content (AvgIpc) is 2.37. The number of hydrogen-bond donors (Lipinski definition) is 2. The highest BCUT2D eigenvalue weighted by Crippen LogP contribution is 2.11. The molecule has 1 aromatic rings. The number of unbranched alkanes of at least 4 members (excludes halogenated alkanes) is 1. The van der Waals surface area contributed by atoms with Gasteiger partial charge in [0.05, 0.1) is 0 Å². The summed E-state index contributed by atoms with van der Waals surface area (Å²) in [5.74, 6) is -1.02. The molecule has 0 spiro atoms. The van der Waals surface area contributed by atoms with Crippen LogP contribution in [0.4, 0.5) is 8.78 Å². The number of aryl methyl sites for hydroxylation is 1. The molecule has 19 heavy (non-hydrogen) atoms. The molecule has 0 aliphatic heterocycles. The van der Waals surface area contributed by atoms with Gasteiger partial charge in [-0.1, -0.05) is 19.4 Å². The van der Waals surface area contributed by atoms with Gasteiger partial charge >= 0.3 is 0 Å². The van der Waals surface area contributed by atoms with Gasteiger partial charge < -0.3 is 10.6 Å². The highest BCUT2D eigenvalue weighted by molar-refractivity contribution is 7.80. The highest BCUT2D eigenvalue weighted by Gasteiger charge is 2.03. The molecule has 0 saturated carbocycles. The van der Waals surface area contributed by atoms with Gasteiger partial charge in [-0.05, 0) is 43.1 Å². The van der Waals surface area contributed by atoms with E-state index in [1.54, 1.807) is 0 Å². The van der Waals surface area contributed by atoms with Crippen molar-refractivity contribution in [3.8, 4) is 0 Å². The summed E-state index contributed by atoms with van der Waals surface area (Å²) >= 11 is 5.09. The second kappa shape index (κ2) is 8.80. The number of hydrogen-bond acceptors (Lipinski definition) is 1. The molecule has 5 heteroatoms.